The van der Waals surface area contributed by atoms with E-state index in [1.807, 2.05) is 0 Å². The Labute approximate surface area is 428 Å². The van der Waals surface area contributed by atoms with Crippen molar-refractivity contribution >= 4 is 17.9 Å². The van der Waals surface area contributed by atoms with E-state index >= 15 is 0 Å². The predicted octanol–water partition coefficient (Wildman–Crippen LogP) is 20.0. The van der Waals surface area contributed by atoms with Gasteiger partial charge >= 0.3 is 17.9 Å². The number of ether oxygens (including phenoxy) is 3. The maximum absolute atomic E-state index is 12.8. The minimum atomic E-state index is -0.787. The molecule has 0 aromatic heterocycles. The molecule has 0 aliphatic heterocycles. The first kappa shape index (κ1) is 66.1. The van der Waals surface area contributed by atoms with Crippen LogP contribution in [-0.4, -0.2) is 37.2 Å². The van der Waals surface area contributed by atoms with E-state index in [0.29, 0.717) is 19.3 Å². The number of carbonyl (C=O) groups excluding carboxylic acids is 3. The molecule has 0 aromatic rings. The molecule has 0 N–H and O–H groups in total. The maximum Gasteiger partial charge on any atom is 0.306 e. The van der Waals surface area contributed by atoms with Crippen LogP contribution in [0, 0.1) is 0 Å². The van der Waals surface area contributed by atoms with Crippen LogP contribution in [0.5, 0.6) is 0 Å². The summed E-state index contributed by atoms with van der Waals surface area (Å²) >= 11 is 0. The second kappa shape index (κ2) is 57.7. The summed E-state index contributed by atoms with van der Waals surface area (Å²) in [7, 11) is 0. The fourth-order valence-corrected chi connectivity index (χ4v) is 8.55. The summed E-state index contributed by atoms with van der Waals surface area (Å²) in [6, 6.07) is 0. The zero-order valence-electron chi connectivity index (χ0n) is 45.8. The fourth-order valence-electron chi connectivity index (χ4n) is 8.55. The van der Waals surface area contributed by atoms with Gasteiger partial charge in [0.1, 0.15) is 13.2 Å². The van der Waals surface area contributed by atoms with Crippen LogP contribution in [0.3, 0.4) is 0 Å². The van der Waals surface area contributed by atoms with Crippen molar-refractivity contribution in [3.63, 3.8) is 0 Å². The van der Waals surface area contributed by atoms with Gasteiger partial charge in [0.2, 0.25) is 0 Å². The molecule has 1 atom stereocenters. The van der Waals surface area contributed by atoms with Crippen molar-refractivity contribution in [1.82, 2.24) is 0 Å². The minimum absolute atomic E-state index is 0.0828. The van der Waals surface area contributed by atoms with Gasteiger partial charge in [0, 0.05) is 19.3 Å². The molecule has 0 heterocycles. The molecule has 0 saturated carbocycles. The molecule has 0 saturated heterocycles. The highest BCUT2D eigenvalue weighted by Gasteiger charge is 2.19. The smallest absolute Gasteiger partial charge is 0.306 e. The van der Waals surface area contributed by atoms with Crippen molar-refractivity contribution in [3.8, 4) is 0 Å². The average Bonchev–Trinajstić information content (AvgIpc) is 3.35. The number of hydrogen-bond acceptors (Lipinski definition) is 6. The lowest BCUT2D eigenvalue weighted by atomic mass is 10.0. The van der Waals surface area contributed by atoms with E-state index in [1.54, 1.807) is 0 Å². The Balaban J connectivity index is 4.33. The van der Waals surface area contributed by atoms with E-state index in [0.717, 1.165) is 109 Å². The standard InChI is InChI=1S/C63H112O6/c1-4-7-10-13-16-19-22-25-27-29-30-31-32-34-36-39-41-44-47-50-53-56-62(65)68-59-60(69-63(66)57-54-51-48-45-42-37-24-21-18-15-12-9-6-3)58-67-61(64)55-52-49-46-43-40-38-35-33-28-26-23-20-17-14-11-8-5-2/h8,11,17,20-21,24,26,28,35,38,60H,4-7,9-10,12-16,18-19,22-23,25,27,29-34,36-37,39-59H2,1-3H3/b11-8-,20-17-,24-21-,28-26-,38-35-/t60-/m1/s1. The third-order valence-electron chi connectivity index (χ3n) is 13.0. The first-order valence-corrected chi connectivity index (χ1v) is 29.8. The van der Waals surface area contributed by atoms with Crippen molar-refractivity contribution < 1.29 is 28.6 Å². The van der Waals surface area contributed by atoms with Crippen LogP contribution < -0.4 is 0 Å². The highest BCUT2D eigenvalue weighted by atomic mass is 16.6. The van der Waals surface area contributed by atoms with E-state index in [1.165, 1.54) is 154 Å². The lowest BCUT2D eigenvalue weighted by Gasteiger charge is -2.18. The van der Waals surface area contributed by atoms with Crippen molar-refractivity contribution in [2.75, 3.05) is 13.2 Å². The number of allylic oxidation sites excluding steroid dienone is 10. The SMILES string of the molecule is CC/C=C\C/C=C\C/C=C\C/C=C\CCCCCCC(=O)OC[C@H](COC(=O)CCCCCCCCCCCCCCCCCCCCCCC)OC(=O)CCCCCCC/C=C\CCCCCC. The zero-order valence-corrected chi connectivity index (χ0v) is 45.8. The van der Waals surface area contributed by atoms with Crippen molar-refractivity contribution in [3.05, 3.63) is 60.8 Å². The van der Waals surface area contributed by atoms with Crippen LogP contribution in [0.2, 0.25) is 0 Å². The lowest BCUT2D eigenvalue weighted by molar-refractivity contribution is -0.167. The molecule has 0 aromatic carbocycles. The van der Waals surface area contributed by atoms with Crippen LogP contribution in [-0.2, 0) is 28.6 Å². The molecule has 0 aliphatic rings. The second-order valence-corrected chi connectivity index (χ2v) is 19.9. The number of unbranched alkanes of at least 4 members (excludes halogenated alkanes) is 33. The van der Waals surface area contributed by atoms with Gasteiger partial charge in [-0.25, -0.2) is 0 Å². The summed E-state index contributed by atoms with van der Waals surface area (Å²) in [5.74, 6) is -0.903. The van der Waals surface area contributed by atoms with Gasteiger partial charge in [0.25, 0.3) is 0 Å². The highest BCUT2D eigenvalue weighted by Crippen LogP contribution is 2.17. The highest BCUT2D eigenvalue weighted by molar-refractivity contribution is 5.71. The van der Waals surface area contributed by atoms with E-state index < -0.39 is 6.10 Å². The molecule has 0 unspecified atom stereocenters. The largest absolute Gasteiger partial charge is 0.462 e. The lowest BCUT2D eigenvalue weighted by Crippen LogP contribution is -2.30. The average molecular weight is 966 g/mol. The third-order valence-corrected chi connectivity index (χ3v) is 13.0. The molecule has 69 heavy (non-hydrogen) atoms. The van der Waals surface area contributed by atoms with E-state index in [2.05, 4.69) is 81.5 Å². The summed E-state index contributed by atoms with van der Waals surface area (Å²) in [4.78, 5) is 38.2. The van der Waals surface area contributed by atoms with Crippen LogP contribution >= 0.6 is 0 Å². The second-order valence-electron chi connectivity index (χ2n) is 19.9. The molecule has 0 radical (unpaired) electrons. The summed E-state index contributed by atoms with van der Waals surface area (Å²) in [5, 5.41) is 0. The predicted molar refractivity (Wildman–Crippen MR) is 298 cm³/mol. The molecule has 0 rings (SSSR count). The molecule has 0 bridgehead atoms. The Morgan fingerprint density at radius 1 is 0.304 bits per heavy atom. The van der Waals surface area contributed by atoms with E-state index in [-0.39, 0.29) is 31.1 Å². The Kier molecular flexibility index (Phi) is 55.3. The van der Waals surface area contributed by atoms with Crippen molar-refractivity contribution in [2.45, 2.75) is 309 Å². The molecule has 0 spiro atoms. The molecule has 0 amide bonds. The quantitative estimate of drug-likeness (QED) is 0.0262. The Morgan fingerprint density at radius 3 is 0.913 bits per heavy atom. The summed E-state index contributed by atoms with van der Waals surface area (Å²) < 4.78 is 16.9. The summed E-state index contributed by atoms with van der Waals surface area (Å²) in [6.07, 6.45) is 72.2. The van der Waals surface area contributed by atoms with E-state index in [9.17, 15) is 14.4 Å². The first-order chi connectivity index (χ1) is 34.0. The number of carbonyl (C=O) groups is 3. The van der Waals surface area contributed by atoms with Crippen LogP contribution in [0.1, 0.15) is 303 Å². The first-order valence-electron chi connectivity index (χ1n) is 29.8. The molecular weight excluding hydrogens is 853 g/mol. The maximum atomic E-state index is 12.8. The monoisotopic (exact) mass is 965 g/mol. The summed E-state index contributed by atoms with van der Waals surface area (Å²) in [5.41, 5.74) is 0. The Bertz CT molecular complexity index is 1250. The third kappa shape index (κ3) is 55.9. The van der Waals surface area contributed by atoms with Crippen LogP contribution in [0.4, 0.5) is 0 Å². The van der Waals surface area contributed by atoms with Crippen molar-refractivity contribution in [2.24, 2.45) is 0 Å². The number of rotatable bonds is 54. The molecule has 400 valence electrons. The van der Waals surface area contributed by atoms with Crippen molar-refractivity contribution in [1.29, 1.82) is 0 Å². The van der Waals surface area contributed by atoms with Gasteiger partial charge in [-0.3, -0.25) is 14.4 Å². The Morgan fingerprint density at radius 2 is 0.565 bits per heavy atom. The molecule has 6 nitrogen and oxygen atoms in total. The molecular formula is C63H112O6. The van der Waals surface area contributed by atoms with Crippen LogP contribution in [0.25, 0.3) is 0 Å². The van der Waals surface area contributed by atoms with Gasteiger partial charge < -0.3 is 14.2 Å². The van der Waals surface area contributed by atoms with Gasteiger partial charge in [0.05, 0.1) is 0 Å². The topological polar surface area (TPSA) is 78.9 Å². The van der Waals surface area contributed by atoms with Crippen LogP contribution in [0.15, 0.2) is 60.8 Å². The number of esters is 3. The van der Waals surface area contributed by atoms with Gasteiger partial charge in [-0.1, -0.05) is 261 Å². The molecule has 0 fully saturated rings. The minimum Gasteiger partial charge on any atom is -0.462 e. The normalized spacial score (nSPS) is 12.4. The van der Waals surface area contributed by atoms with Gasteiger partial charge in [0.15, 0.2) is 6.10 Å². The molecule has 0 aliphatic carbocycles. The zero-order chi connectivity index (χ0) is 50.0. The molecule has 6 heteroatoms. The van der Waals surface area contributed by atoms with Gasteiger partial charge in [-0.15, -0.1) is 0 Å². The van der Waals surface area contributed by atoms with Gasteiger partial charge in [-0.05, 0) is 83.5 Å². The van der Waals surface area contributed by atoms with E-state index in [4.69, 9.17) is 14.2 Å². The fraction of sp³-hybridized carbons (Fsp3) is 0.794. The van der Waals surface area contributed by atoms with Gasteiger partial charge in [-0.2, -0.15) is 0 Å². The summed E-state index contributed by atoms with van der Waals surface area (Å²) in [6.45, 7) is 6.52. The number of hydrogen-bond donors (Lipinski definition) is 0. The Hall–Kier alpha value is -2.89.